The van der Waals surface area contributed by atoms with Gasteiger partial charge in [0.05, 0.1) is 12.3 Å². The van der Waals surface area contributed by atoms with Crippen molar-refractivity contribution in [2.45, 2.75) is 96.8 Å². The first-order valence-electron chi connectivity index (χ1n) is 11.5. The van der Waals surface area contributed by atoms with Gasteiger partial charge in [-0.1, -0.05) is 96.5 Å². The third-order valence-electron chi connectivity index (χ3n) is 5.22. The second-order valence-corrected chi connectivity index (χ2v) is 7.86. The Morgan fingerprint density at radius 3 is 1.83 bits per heavy atom. The molecule has 0 saturated heterocycles. The molecule has 3 N–H and O–H groups in total. The minimum Gasteiger partial charge on any atom is -0.507 e. The molecule has 0 fully saturated rings. The van der Waals surface area contributed by atoms with Crippen molar-refractivity contribution in [2.75, 3.05) is 11.9 Å². The highest BCUT2D eigenvalue weighted by Gasteiger charge is 2.17. The van der Waals surface area contributed by atoms with Gasteiger partial charge in [-0.05, 0) is 18.6 Å². The first-order chi connectivity index (χ1) is 14.6. The van der Waals surface area contributed by atoms with Crippen LogP contribution in [-0.4, -0.2) is 28.9 Å². The SMILES string of the molecule is CCCCCCCCCCCCCCCCOC(=O)Nc1cccc(O)c1C(=O)O. The number of hydrogen-bond acceptors (Lipinski definition) is 4. The van der Waals surface area contributed by atoms with Gasteiger partial charge < -0.3 is 14.9 Å². The number of carboxylic acid groups (broad SMARTS) is 1. The van der Waals surface area contributed by atoms with Gasteiger partial charge in [0.15, 0.2) is 0 Å². The number of aromatic carboxylic acids is 1. The summed E-state index contributed by atoms with van der Waals surface area (Å²) >= 11 is 0. The van der Waals surface area contributed by atoms with Crippen LogP contribution < -0.4 is 5.32 Å². The fourth-order valence-corrected chi connectivity index (χ4v) is 3.48. The first kappa shape index (κ1) is 25.8. The summed E-state index contributed by atoms with van der Waals surface area (Å²) in [4.78, 5) is 23.0. The Morgan fingerprint density at radius 1 is 0.833 bits per heavy atom. The van der Waals surface area contributed by atoms with Crippen LogP contribution in [0.15, 0.2) is 18.2 Å². The van der Waals surface area contributed by atoms with Crippen LogP contribution >= 0.6 is 0 Å². The van der Waals surface area contributed by atoms with E-state index < -0.39 is 17.8 Å². The standard InChI is InChI=1S/C24H39NO5/c1-2-3-4-5-6-7-8-9-10-11-12-13-14-15-19-30-24(29)25-20-17-16-18-21(26)22(20)23(27)28/h16-18,26H,2-15,19H2,1H3,(H,25,29)(H,27,28). The van der Waals surface area contributed by atoms with Crippen molar-refractivity contribution in [3.63, 3.8) is 0 Å². The van der Waals surface area contributed by atoms with Gasteiger partial charge in [0.2, 0.25) is 0 Å². The van der Waals surface area contributed by atoms with Crippen LogP contribution in [-0.2, 0) is 4.74 Å². The van der Waals surface area contributed by atoms with E-state index in [0.29, 0.717) is 6.61 Å². The molecule has 1 rings (SSSR count). The summed E-state index contributed by atoms with van der Waals surface area (Å²) in [5, 5.41) is 21.1. The number of rotatable bonds is 17. The molecule has 30 heavy (non-hydrogen) atoms. The number of unbranched alkanes of at least 4 members (excludes halogenated alkanes) is 13. The zero-order chi connectivity index (χ0) is 22.0. The van der Waals surface area contributed by atoms with Crippen molar-refractivity contribution >= 4 is 17.7 Å². The molecular formula is C24H39NO5. The minimum atomic E-state index is -1.31. The molecule has 0 heterocycles. The average molecular weight is 422 g/mol. The highest BCUT2D eigenvalue weighted by molar-refractivity contribution is 6.01. The van der Waals surface area contributed by atoms with Gasteiger partial charge in [0.1, 0.15) is 11.3 Å². The first-order valence-corrected chi connectivity index (χ1v) is 11.5. The second kappa shape index (κ2) is 16.5. The number of benzene rings is 1. The van der Waals surface area contributed by atoms with Crippen molar-refractivity contribution < 1.29 is 24.5 Å². The molecule has 0 aliphatic rings. The smallest absolute Gasteiger partial charge is 0.411 e. The van der Waals surface area contributed by atoms with Gasteiger partial charge in [-0.3, -0.25) is 5.32 Å². The van der Waals surface area contributed by atoms with E-state index in [1.54, 1.807) is 0 Å². The molecule has 0 aliphatic carbocycles. The molecule has 0 bridgehead atoms. The molecule has 170 valence electrons. The summed E-state index contributed by atoms with van der Waals surface area (Å²) in [6.45, 7) is 2.55. The Labute approximate surface area is 181 Å². The Morgan fingerprint density at radius 2 is 1.33 bits per heavy atom. The number of nitrogens with one attached hydrogen (secondary N) is 1. The van der Waals surface area contributed by atoms with Crippen LogP contribution in [0.25, 0.3) is 0 Å². The normalized spacial score (nSPS) is 10.7. The molecule has 0 radical (unpaired) electrons. The summed E-state index contributed by atoms with van der Waals surface area (Å²) < 4.78 is 5.10. The van der Waals surface area contributed by atoms with Crippen molar-refractivity contribution in [3.8, 4) is 5.75 Å². The van der Waals surface area contributed by atoms with Gasteiger partial charge in [0, 0.05) is 0 Å². The van der Waals surface area contributed by atoms with E-state index in [-0.39, 0.29) is 11.3 Å². The Hall–Kier alpha value is -2.24. The monoisotopic (exact) mass is 421 g/mol. The van der Waals surface area contributed by atoms with Gasteiger partial charge in [-0.15, -0.1) is 0 Å². The molecule has 6 heteroatoms. The maximum Gasteiger partial charge on any atom is 0.411 e. The largest absolute Gasteiger partial charge is 0.507 e. The van der Waals surface area contributed by atoms with Gasteiger partial charge in [-0.2, -0.15) is 0 Å². The van der Waals surface area contributed by atoms with Crippen LogP contribution in [0.2, 0.25) is 0 Å². The summed E-state index contributed by atoms with van der Waals surface area (Å²) in [6.07, 6.45) is 16.9. The van der Waals surface area contributed by atoms with Gasteiger partial charge in [0.25, 0.3) is 0 Å². The number of aromatic hydroxyl groups is 1. The fourth-order valence-electron chi connectivity index (χ4n) is 3.48. The number of anilines is 1. The van der Waals surface area contributed by atoms with Crippen molar-refractivity contribution in [2.24, 2.45) is 0 Å². The molecule has 6 nitrogen and oxygen atoms in total. The summed E-state index contributed by atoms with van der Waals surface area (Å²) in [7, 11) is 0. The lowest BCUT2D eigenvalue weighted by atomic mass is 10.0. The lowest BCUT2D eigenvalue weighted by Gasteiger charge is -2.10. The number of carboxylic acids is 1. The minimum absolute atomic E-state index is 0.0217. The van der Waals surface area contributed by atoms with E-state index in [4.69, 9.17) is 9.84 Å². The van der Waals surface area contributed by atoms with Crippen LogP contribution in [0.5, 0.6) is 5.75 Å². The van der Waals surface area contributed by atoms with Crippen LogP contribution in [0.1, 0.15) is 107 Å². The average Bonchev–Trinajstić information content (AvgIpc) is 2.70. The van der Waals surface area contributed by atoms with Crippen molar-refractivity contribution in [1.29, 1.82) is 0 Å². The number of carbonyl (C=O) groups is 2. The molecule has 0 saturated carbocycles. The Bertz CT molecular complexity index is 618. The predicted octanol–water partition coefficient (Wildman–Crippen LogP) is 7.12. The van der Waals surface area contributed by atoms with E-state index in [0.717, 1.165) is 19.3 Å². The number of phenols is 1. The maximum absolute atomic E-state index is 11.8. The lowest BCUT2D eigenvalue weighted by molar-refractivity contribution is 0.0695. The van der Waals surface area contributed by atoms with Gasteiger partial charge in [-0.25, -0.2) is 9.59 Å². The molecule has 0 aromatic heterocycles. The topological polar surface area (TPSA) is 95.9 Å². The number of amides is 1. The van der Waals surface area contributed by atoms with E-state index >= 15 is 0 Å². The van der Waals surface area contributed by atoms with Crippen molar-refractivity contribution in [1.82, 2.24) is 0 Å². The maximum atomic E-state index is 11.8. The summed E-state index contributed by atoms with van der Waals surface area (Å²) in [5.41, 5.74) is -0.320. The van der Waals surface area contributed by atoms with E-state index in [1.807, 2.05) is 0 Å². The Balaban J connectivity index is 1.98. The quantitative estimate of drug-likeness (QED) is 0.233. The van der Waals surface area contributed by atoms with E-state index in [2.05, 4.69) is 12.2 Å². The molecular weight excluding hydrogens is 382 g/mol. The van der Waals surface area contributed by atoms with Crippen LogP contribution in [0, 0.1) is 0 Å². The molecule has 1 aromatic carbocycles. The zero-order valence-electron chi connectivity index (χ0n) is 18.5. The van der Waals surface area contributed by atoms with Gasteiger partial charge >= 0.3 is 12.1 Å². The third-order valence-corrected chi connectivity index (χ3v) is 5.22. The molecule has 0 unspecified atom stereocenters. The summed E-state index contributed by atoms with van der Waals surface area (Å²) in [5.74, 6) is -1.71. The molecule has 0 spiro atoms. The van der Waals surface area contributed by atoms with Crippen molar-refractivity contribution in [3.05, 3.63) is 23.8 Å². The zero-order valence-corrected chi connectivity index (χ0v) is 18.5. The van der Waals surface area contributed by atoms with Crippen LogP contribution in [0.4, 0.5) is 10.5 Å². The predicted molar refractivity (Wildman–Crippen MR) is 120 cm³/mol. The summed E-state index contributed by atoms with van der Waals surface area (Å²) in [6, 6.07) is 4.14. The van der Waals surface area contributed by atoms with E-state index in [1.165, 1.54) is 88.8 Å². The lowest BCUT2D eigenvalue weighted by Crippen LogP contribution is -2.16. The number of ether oxygens (including phenoxy) is 1. The molecule has 1 aromatic rings. The Kier molecular flexibility index (Phi) is 14.2. The highest BCUT2D eigenvalue weighted by Crippen LogP contribution is 2.25. The molecule has 0 atom stereocenters. The number of hydrogen-bond donors (Lipinski definition) is 3. The second-order valence-electron chi connectivity index (χ2n) is 7.86. The number of carbonyl (C=O) groups excluding carboxylic acids is 1. The fraction of sp³-hybridized carbons (Fsp3) is 0.667. The van der Waals surface area contributed by atoms with E-state index in [9.17, 15) is 14.7 Å². The van der Waals surface area contributed by atoms with Crippen LogP contribution in [0.3, 0.4) is 0 Å². The highest BCUT2D eigenvalue weighted by atomic mass is 16.5. The molecule has 0 aliphatic heterocycles. The third kappa shape index (κ3) is 11.7. The molecule has 1 amide bonds.